The van der Waals surface area contributed by atoms with Crippen LogP contribution >= 0.6 is 0 Å². The highest BCUT2D eigenvalue weighted by atomic mass is 16.4. The molecule has 4 heteroatoms. The number of rotatable bonds is 3. The van der Waals surface area contributed by atoms with Crippen LogP contribution in [-0.2, 0) is 4.79 Å². The van der Waals surface area contributed by atoms with Crippen molar-refractivity contribution in [2.24, 2.45) is 0 Å². The second-order valence-corrected chi connectivity index (χ2v) is 4.58. The maximum absolute atomic E-state index is 11.0. The molecule has 0 aliphatic heterocycles. The molecule has 1 atom stereocenters. The van der Waals surface area contributed by atoms with Crippen LogP contribution in [-0.4, -0.2) is 20.6 Å². The first-order valence-electron chi connectivity index (χ1n) is 5.94. The van der Waals surface area contributed by atoms with Crippen LogP contribution in [0.15, 0.2) is 12.5 Å². The molecule has 0 amide bonds. The number of carboxylic acids is 1. The second-order valence-electron chi connectivity index (χ2n) is 4.58. The van der Waals surface area contributed by atoms with Gasteiger partial charge >= 0.3 is 5.97 Å². The van der Waals surface area contributed by atoms with E-state index in [4.69, 9.17) is 5.11 Å². The summed E-state index contributed by atoms with van der Waals surface area (Å²) < 4.78 is 2.07. The van der Waals surface area contributed by atoms with Crippen LogP contribution in [0.1, 0.15) is 56.7 Å². The minimum absolute atomic E-state index is 0.452. The SMILES string of the molecule is CC(C(=O)O)c1cncn1C1CCCCC1. The van der Waals surface area contributed by atoms with E-state index in [1.165, 1.54) is 19.3 Å². The summed E-state index contributed by atoms with van der Waals surface area (Å²) in [6, 6.07) is 0.452. The van der Waals surface area contributed by atoms with Crippen molar-refractivity contribution in [1.82, 2.24) is 9.55 Å². The number of carbonyl (C=O) groups is 1. The molecule has 0 bridgehead atoms. The van der Waals surface area contributed by atoms with Crippen molar-refractivity contribution in [3.63, 3.8) is 0 Å². The van der Waals surface area contributed by atoms with Crippen LogP contribution in [0.3, 0.4) is 0 Å². The molecule has 0 saturated heterocycles. The van der Waals surface area contributed by atoms with Gasteiger partial charge in [0, 0.05) is 12.2 Å². The van der Waals surface area contributed by atoms with Crippen LogP contribution in [0.2, 0.25) is 0 Å². The lowest BCUT2D eigenvalue weighted by molar-refractivity contribution is -0.138. The van der Waals surface area contributed by atoms with E-state index in [0.717, 1.165) is 18.5 Å². The molecule has 1 saturated carbocycles. The summed E-state index contributed by atoms with van der Waals surface area (Å²) in [6.07, 6.45) is 9.55. The molecule has 4 nitrogen and oxygen atoms in total. The maximum Gasteiger partial charge on any atom is 0.312 e. The van der Waals surface area contributed by atoms with Gasteiger partial charge in [-0.1, -0.05) is 19.3 Å². The molecular formula is C12H18N2O2. The first-order valence-corrected chi connectivity index (χ1v) is 5.94. The van der Waals surface area contributed by atoms with Gasteiger partial charge in [0.15, 0.2) is 0 Å². The van der Waals surface area contributed by atoms with Gasteiger partial charge < -0.3 is 9.67 Å². The van der Waals surface area contributed by atoms with Gasteiger partial charge in [-0.3, -0.25) is 4.79 Å². The molecule has 1 heterocycles. The number of aliphatic carboxylic acids is 1. The van der Waals surface area contributed by atoms with E-state index < -0.39 is 11.9 Å². The van der Waals surface area contributed by atoms with E-state index in [-0.39, 0.29) is 0 Å². The molecule has 1 N–H and O–H groups in total. The Morgan fingerprint density at radius 1 is 1.50 bits per heavy atom. The number of nitrogens with zero attached hydrogens (tertiary/aromatic N) is 2. The summed E-state index contributed by atoms with van der Waals surface area (Å²) in [4.78, 5) is 15.1. The third-order valence-corrected chi connectivity index (χ3v) is 3.48. The zero-order valence-corrected chi connectivity index (χ0v) is 9.59. The van der Waals surface area contributed by atoms with Crippen LogP contribution < -0.4 is 0 Å². The molecule has 88 valence electrons. The zero-order valence-electron chi connectivity index (χ0n) is 9.59. The predicted molar refractivity (Wildman–Crippen MR) is 60.4 cm³/mol. The highest BCUT2D eigenvalue weighted by Crippen LogP contribution is 2.30. The van der Waals surface area contributed by atoms with Crippen LogP contribution in [0.4, 0.5) is 0 Å². The lowest BCUT2D eigenvalue weighted by Crippen LogP contribution is -2.18. The lowest BCUT2D eigenvalue weighted by atomic mass is 9.94. The minimum atomic E-state index is -0.780. The summed E-state index contributed by atoms with van der Waals surface area (Å²) in [7, 11) is 0. The Morgan fingerprint density at radius 2 is 2.19 bits per heavy atom. The van der Waals surface area contributed by atoms with Gasteiger partial charge in [0.2, 0.25) is 0 Å². The molecule has 1 fully saturated rings. The van der Waals surface area contributed by atoms with Crippen LogP contribution in [0.25, 0.3) is 0 Å². The molecule has 16 heavy (non-hydrogen) atoms. The van der Waals surface area contributed by atoms with Crippen LogP contribution in [0, 0.1) is 0 Å². The molecule has 1 aliphatic rings. The Balaban J connectivity index is 2.20. The van der Waals surface area contributed by atoms with Crippen molar-refractivity contribution >= 4 is 5.97 Å². The summed E-state index contributed by atoms with van der Waals surface area (Å²) in [5.74, 6) is -1.25. The van der Waals surface area contributed by atoms with Gasteiger partial charge in [-0.25, -0.2) is 4.98 Å². The van der Waals surface area contributed by atoms with Gasteiger partial charge in [-0.05, 0) is 19.8 Å². The highest BCUT2D eigenvalue weighted by Gasteiger charge is 2.23. The topological polar surface area (TPSA) is 55.1 Å². The smallest absolute Gasteiger partial charge is 0.312 e. The molecule has 1 aromatic heterocycles. The third kappa shape index (κ3) is 2.10. The number of hydrogen-bond acceptors (Lipinski definition) is 2. The molecule has 1 aromatic rings. The summed E-state index contributed by atoms with van der Waals surface area (Å²) in [5, 5.41) is 9.04. The van der Waals surface area contributed by atoms with Crippen molar-refractivity contribution in [3.05, 3.63) is 18.2 Å². The van der Waals surface area contributed by atoms with Gasteiger partial charge in [-0.2, -0.15) is 0 Å². The molecular weight excluding hydrogens is 204 g/mol. The van der Waals surface area contributed by atoms with E-state index in [1.54, 1.807) is 19.4 Å². The summed E-state index contributed by atoms with van der Waals surface area (Å²) in [6.45, 7) is 1.72. The predicted octanol–water partition coefficient (Wildman–Crippen LogP) is 2.58. The van der Waals surface area contributed by atoms with Crippen molar-refractivity contribution in [2.45, 2.75) is 51.0 Å². The van der Waals surface area contributed by atoms with Crippen molar-refractivity contribution in [2.75, 3.05) is 0 Å². The van der Waals surface area contributed by atoms with E-state index in [2.05, 4.69) is 9.55 Å². The molecule has 1 aliphatic carbocycles. The first-order chi connectivity index (χ1) is 7.70. The van der Waals surface area contributed by atoms with Gasteiger partial charge in [0.1, 0.15) is 0 Å². The van der Waals surface area contributed by atoms with Crippen molar-refractivity contribution in [1.29, 1.82) is 0 Å². The number of aromatic nitrogens is 2. The Kier molecular flexibility index (Phi) is 3.27. The number of carboxylic acid groups (broad SMARTS) is 1. The molecule has 2 rings (SSSR count). The zero-order chi connectivity index (χ0) is 11.5. The third-order valence-electron chi connectivity index (χ3n) is 3.48. The molecule has 0 spiro atoms. The number of imidazole rings is 1. The van der Waals surface area contributed by atoms with E-state index in [9.17, 15) is 4.79 Å². The molecule has 0 aromatic carbocycles. The average molecular weight is 222 g/mol. The first kappa shape index (κ1) is 11.2. The Hall–Kier alpha value is -1.32. The fourth-order valence-electron chi connectivity index (χ4n) is 2.44. The van der Waals surface area contributed by atoms with Gasteiger partial charge in [0.05, 0.1) is 17.9 Å². The summed E-state index contributed by atoms with van der Waals surface area (Å²) >= 11 is 0. The highest BCUT2D eigenvalue weighted by molar-refractivity contribution is 5.74. The average Bonchev–Trinajstić information content (AvgIpc) is 2.77. The fourth-order valence-corrected chi connectivity index (χ4v) is 2.44. The largest absolute Gasteiger partial charge is 0.481 e. The standard InChI is InChI=1S/C12H18N2O2/c1-9(12(15)16)11-7-13-8-14(11)10-5-3-2-4-6-10/h7-10H,2-6H2,1H3,(H,15,16). The maximum atomic E-state index is 11.0. The Morgan fingerprint density at radius 3 is 2.81 bits per heavy atom. The molecule has 0 radical (unpaired) electrons. The van der Waals surface area contributed by atoms with Gasteiger partial charge in [-0.15, -0.1) is 0 Å². The second kappa shape index (κ2) is 4.68. The van der Waals surface area contributed by atoms with Crippen molar-refractivity contribution < 1.29 is 9.90 Å². The fraction of sp³-hybridized carbons (Fsp3) is 0.667. The normalized spacial score (nSPS) is 19.6. The van der Waals surface area contributed by atoms with E-state index in [0.29, 0.717) is 6.04 Å². The van der Waals surface area contributed by atoms with E-state index >= 15 is 0 Å². The summed E-state index contributed by atoms with van der Waals surface area (Å²) in [5.41, 5.74) is 0.833. The van der Waals surface area contributed by atoms with Gasteiger partial charge in [0.25, 0.3) is 0 Å². The van der Waals surface area contributed by atoms with Crippen LogP contribution in [0.5, 0.6) is 0 Å². The quantitative estimate of drug-likeness (QED) is 0.855. The number of hydrogen-bond donors (Lipinski definition) is 1. The Labute approximate surface area is 95.3 Å². The van der Waals surface area contributed by atoms with Crippen molar-refractivity contribution in [3.8, 4) is 0 Å². The lowest BCUT2D eigenvalue weighted by Gasteiger charge is -2.25. The van der Waals surface area contributed by atoms with E-state index in [1.807, 2.05) is 0 Å². The minimum Gasteiger partial charge on any atom is -0.481 e. The Bertz CT molecular complexity index is 367. The monoisotopic (exact) mass is 222 g/mol. The molecule has 1 unspecified atom stereocenters.